The van der Waals surface area contributed by atoms with E-state index in [0.717, 1.165) is 11.1 Å². The van der Waals surface area contributed by atoms with Crippen molar-refractivity contribution in [1.29, 1.82) is 0 Å². The van der Waals surface area contributed by atoms with Crippen LogP contribution in [0, 0.1) is 5.92 Å². The number of rotatable bonds is 7. The summed E-state index contributed by atoms with van der Waals surface area (Å²) in [6.07, 6.45) is 0. The van der Waals surface area contributed by atoms with E-state index in [4.69, 9.17) is 17.3 Å². The van der Waals surface area contributed by atoms with Crippen molar-refractivity contribution in [3.05, 3.63) is 70.7 Å². The number of likely N-dealkylation sites (N-methyl/N-ethyl adjacent to an activating group) is 1. The molecule has 0 spiro atoms. The Bertz CT molecular complexity index is 690. The molecule has 3 unspecified atom stereocenters. The summed E-state index contributed by atoms with van der Waals surface area (Å²) in [5.41, 5.74) is 8.20. The van der Waals surface area contributed by atoms with Crippen LogP contribution in [-0.4, -0.2) is 31.4 Å². The third kappa shape index (κ3) is 5.05. The van der Waals surface area contributed by atoms with E-state index >= 15 is 0 Å². The second kappa shape index (κ2) is 8.99. The quantitative estimate of drug-likeness (QED) is 0.796. The molecule has 0 aliphatic rings. The van der Waals surface area contributed by atoms with Gasteiger partial charge in [-0.05, 0) is 31.3 Å². The van der Waals surface area contributed by atoms with Crippen LogP contribution in [-0.2, 0) is 4.79 Å². The molecule has 3 N–H and O–H groups in total. The molecule has 2 aromatic rings. The molecule has 0 aliphatic heterocycles. The zero-order chi connectivity index (χ0) is 18.4. The number of amides is 1. The van der Waals surface area contributed by atoms with E-state index in [1.165, 1.54) is 0 Å². The van der Waals surface area contributed by atoms with Crippen LogP contribution in [0.2, 0.25) is 5.02 Å². The average molecular weight is 360 g/mol. The standard InChI is InChI=1S/C20H26ClN3O/c1-14(19(22)15-9-5-4-6-10-15)20(25)23-13-18(24(2)3)16-11-7-8-12-17(16)21/h4-12,14,18-19H,13,22H2,1-3H3,(H,23,25). The Hall–Kier alpha value is -1.88. The number of nitrogens with two attached hydrogens (primary N) is 1. The number of hydrogen-bond acceptors (Lipinski definition) is 3. The first-order chi connectivity index (χ1) is 11.9. The summed E-state index contributed by atoms with van der Waals surface area (Å²) in [6.45, 7) is 2.33. The third-order valence-electron chi connectivity index (χ3n) is 4.49. The number of carbonyl (C=O) groups is 1. The zero-order valence-electron chi connectivity index (χ0n) is 14.9. The van der Waals surface area contributed by atoms with Gasteiger partial charge in [-0.15, -0.1) is 0 Å². The Kier molecular flexibility index (Phi) is 7.00. The summed E-state index contributed by atoms with van der Waals surface area (Å²) in [5.74, 6) is -0.383. The van der Waals surface area contributed by atoms with Crippen molar-refractivity contribution in [1.82, 2.24) is 10.2 Å². The molecule has 4 nitrogen and oxygen atoms in total. The topological polar surface area (TPSA) is 58.4 Å². The highest BCUT2D eigenvalue weighted by atomic mass is 35.5. The first-order valence-corrected chi connectivity index (χ1v) is 8.78. The van der Waals surface area contributed by atoms with Crippen molar-refractivity contribution < 1.29 is 4.79 Å². The summed E-state index contributed by atoms with van der Waals surface area (Å²) >= 11 is 6.31. The number of halogens is 1. The highest BCUT2D eigenvalue weighted by Gasteiger charge is 2.24. The first kappa shape index (κ1) is 19.4. The van der Waals surface area contributed by atoms with E-state index < -0.39 is 0 Å². The molecule has 134 valence electrons. The molecule has 0 aliphatic carbocycles. The molecule has 0 heterocycles. The Morgan fingerprint density at radius 3 is 2.32 bits per heavy atom. The fourth-order valence-corrected chi connectivity index (χ4v) is 3.06. The van der Waals surface area contributed by atoms with Gasteiger partial charge in [-0.25, -0.2) is 0 Å². The lowest BCUT2D eigenvalue weighted by Gasteiger charge is -2.27. The van der Waals surface area contributed by atoms with Crippen molar-refractivity contribution in [3.8, 4) is 0 Å². The highest BCUT2D eigenvalue weighted by Crippen LogP contribution is 2.26. The minimum atomic E-state index is -0.334. The Morgan fingerprint density at radius 1 is 1.12 bits per heavy atom. The number of nitrogens with one attached hydrogen (secondary N) is 1. The second-order valence-electron chi connectivity index (χ2n) is 6.47. The van der Waals surface area contributed by atoms with E-state index in [9.17, 15) is 4.79 Å². The van der Waals surface area contributed by atoms with Crippen molar-refractivity contribution >= 4 is 17.5 Å². The van der Waals surface area contributed by atoms with Crippen LogP contribution in [0.5, 0.6) is 0 Å². The monoisotopic (exact) mass is 359 g/mol. The molecule has 0 aromatic heterocycles. The maximum Gasteiger partial charge on any atom is 0.224 e. The van der Waals surface area contributed by atoms with Crippen molar-refractivity contribution in [2.45, 2.75) is 19.0 Å². The SMILES string of the molecule is CC(C(=O)NCC(c1ccccc1Cl)N(C)C)C(N)c1ccccc1. The van der Waals surface area contributed by atoms with Gasteiger partial charge in [0.15, 0.2) is 0 Å². The van der Waals surface area contributed by atoms with Crippen molar-refractivity contribution in [2.24, 2.45) is 11.7 Å². The average Bonchev–Trinajstić information content (AvgIpc) is 2.62. The van der Waals surface area contributed by atoms with Crippen LogP contribution < -0.4 is 11.1 Å². The van der Waals surface area contributed by atoms with Crippen LogP contribution in [0.4, 0.5) is 0 Å². The highest BCUT2D eigenvalue weighted by molar-refractivity contribution is 6.31. The molecular weight excluding hydrogens is 334 g/mol. The molecule has 1 amide bonds. The summed E-state index contributed by atoms with van der Waals surface area (Å²) in [6, 6.07) is 17.1. The lowest BCUT2D eigenvalue weighted by Crippen LogP contribution is -2.40. The summed E-state index contributed by atoms with van der Waals surface area (Å²) < 4.78 is 0. The lowest BCUT2D eigenvalue weighted by molar-refractivity contribution is -0.125. The lowest BCUT2D eigenvalue weighted by atomic mass is 9.94. The van der Waals surface area contributed by atoms with Crippen LogP contribution in [0.25, 0.3) is 0 Å². The molecule has 2 aromatic carbocycles. The molecular formula is C20H26ClN3O. The van der Waals surface area contributed by atoms with Gasteiger partial charge in [-0.2, -0.15) is 0 Å². The van der Waals surface area contributed by atoms with Crippen LogP contribution in [0.3, 0.4) is 0 Å². The van der Waals surface area contributed by atoms with Gasteiger partial charge in [0.2, 0.25) is 5.91 Å². The van der Waals surface area contributed by atoms with Gasteiger partial charge in [0.05, 0.1) is 12.0 Å². The number of hydrogen-bond donors (Lipinski definition) is 2. The van der Waals surface area contributed by atoms with E-state index in [1.807, 2.05) is 80.5 Å². The third-order valence-corrected chi connectivity index (χ3v) is 4.84. The number of nitrogens with zero attached hydrogens (tertiary/aromatic N) is 1. The fraction of sp³-hybridized carbons (Fsp3) is 0.350. The van der Waals surface area contributed by atoms with Crippen LogP contribution in [0.15, 0.2) is 54.6 Å². The van der Waals surface area contributed by atoms with E-state index in [2.05, 4.69) is 5.32 Å². The molecule has 0 radical (unpaired) electrons. The predicted molar refractivity (Wildman–Crippen MR) is 103 cm³/mol. The molecule has 0 saturated heterocycles. The molecule has 0 fully saturated rings. The Morgan fingerprint density at radius 2 is 1.72 bits per heavy atom. The summed E-state index contributed by atoms with van der Waals surface area (Å²) in [5, 5.41) is 3.72. The fourth-order valence-electron chi connectivity index (χ4n) is 2.80. The summed E-state index contributed by atoms with van der Waals surface area (Å²) in [4.78, 5) is 14.6. The van der Waals surface area contributed by atoms with Gasteiger partial charge < -0.3 is 16.0 Å². The van der Waals surface area contributed by atoms with Crippen molar-refractivity contribution in [3.63, 3.8) is 0 Å². The van der Waals surface area contributed by atoms with Gasteiger partial charge in [0, 0.05) is 17.6 Å². The smallest absolute Gasteiger partial charge is 0.224 e. The maximum atomic E-state index is 12.6. The van der Waals surface area contributed by atoms with Crippen molar-refractivity contribution in [2.75, 3.05) is 20.6 Å². The van der Waals surface area contributed by atoms with Gasteiger partial charge >= 0.3 is 0 Å². The Balaban J connectivity index is 2.03. The van der Waals surface area contributed by atoms with Gasteiger partial charge in [0.1, 0.15) is 0 Å². The molecule has 0 saturated carbocycles. The molecule has 3 atom stereocenters. The normalized spacial score (nSPS) is 14.8. The molecule has 5 heteroatoms. The van der Waals surface area contributed by atoms with Gasteiger partial charge in [-0.3, -0.25) is 4.79 Å². The van der Waals surface area contributed by atoms with Crippen LogP contribution >= 0.6 is 11.6 Å². The minimum absolute atomic E-state index is 0.00204. The zero-order valence-corrected chi connectivity index (χ0v) is 15.7. The van der Waals surface area contributed by atoms with E-state index in [1.54, 1.807) is 0 Å². The number of benzene rings is 2. The minimum Gasteiger partial charge on any atom is -0.354 e. The van der Waals surface area contributed by atoms with E-state index in [-0.39, 0.29) is 23.9 Å². The largest absolute Gasteiger partial charge is 0.354 e. The van der Waals surface area contributed by atoms with Crippen LogP contribution in [0.1, 0.15) is 30.1 Å². The molecule has 25 heavy (non-hydrogen) atoms. The summed E-state index contributed by atoms with van der Waals surface area (Å²) in [7, 11) is 3.94. The molecule has 2 rings (SSSR count). The first-order valence-electron chi connectivity index (χ1n) is 8.41. The van der Waals surface area contributed by atoms with Gasteiger partial charge in [0.25, 0.3) is 0 Å². The molecule has 0 bridgehead atoms. The Labute approximate surface area is 155 Å². The van der Waals surface area contributed by atoms with E-state index in [0.29, 0.717) is 11.6 Å². The van der Waals surface area contributed by atoms with Gasteiger partial charge in [-0.1, -0.05) is 67.1 Å². The maximum absolute atomic E-state index is 12.6. The number of carbonyl (C=O) groups excluding carboxylic acids is 1. The predicted octanol–water partition coefficient (Wildman–Crippen LogP) is 3.40. The second-order valence-corrected chi connectivity index (χ2v) is 6.88.